The molecule has 1 atom stereocenters. The Morgan fingerprint density at radius 1 is 1.00 bits per heavy atom. The standard InChI is InChI=1S/C25H22N2O6/c1-32-22-12-11-16(27(30)31)13-15(22)14-21(25(29)33-2)26-24(28)23-19-9-5-3-7-17(19)18-8-4-6-10-20(18)23/h3-13,21,23H,14H2,1-2H3,(H,26,28)/t21-/m1/s1. The summed E-state index contributed by atoms with van der Waals surface area (Å²) in [5.41, 5.74) is 3.93. The molecule has 33 heavy (non-hydrogen) atoms. The van der Waals surface area contributed by atoms with E-state index in [9.17, 15) is 19.7 Å². The van der Waals surface area contributed by atoms with E-state index in [0.29, 0.717) is 11.3 Å². The number of carbonyl (C=O) groups excluding carboxylic acids is 2. The predicted molar refractivity (Wildman–Crippen MR) is 121 cm³/mol. The van der Waals surface area contributed by atoms with Gasteiger partial charge in [-0.3, -0.25) is 14.9 Å². The molecule has 3 aromatic rings. The highest BCUT2D eigenvalue weighted by atomic mass is 16.6. The van der Waals surface area contributed by atoms with Gasteiger partial charge in [0.05, 0.1) is 25.1 Å². The molecule has 0 aliphatic heterocycles. The van der Waals surface area contributed by atoms with Crippen molar-refractivity contribution >= 4 is 17.6 Å². The third-order valence-corrected chi connectivity index (χ3v) is 5.80. The van der Waals surface area contributed by atoms with Crippen LogP contribution in [0.4, 0.5) is 5.69 Å². The molecule has 1 amide bonds. The molecule has 0 heterocycles. The summed E-state index contributed by atoms with van der Waals surface area (Å²) >= 11 is 0. The van der Waals surface area contributed by atoms with Gasteiger partial charge in [-0.1, -0.05) is 48.5 Å². The number of benzene rings is 3. The van der Waals surface area contributed by atoms with Gasteiger partial charge < -0.3 is 14.8 Å². The van der Waals surface area contributed by atoms with Crippen LogP contribution in [0.3, 0.4) is 0 Å². The van der Waals surface area contributed by atoms with Gasteiger partial charge in [0.25, 0.3) is 5.69 Å². The van der Waals surface area contributed by atoms with Crippen molar-refractivity contribution in [3.8, 4) is 16.9 Å². The number of nitrogens with one attached hydrogen (secondary N) is 1. The fourth-order valence-electron chi connectivity index (χ4n) is 4.29. The zero-order valence-electron chi connectivity index (χ0n) is 18.1. The maximum Gasteiger partial charge on any atom is 0.328 e. The smallest absolute Gasteiger partial charge is 0.328 e. The lowest BCUT2D eigenvalue weighted by atomic mass is 9.95. The molecule has 0 aromatic heterocycles. The third kappa shape index (κ3) is 4.15. The van der Waals surface area contributed by atoms with Crippen LogP contribution in [0.25, 0.3) is 11.1 Å². The second-order valence-corrected chi connectivity index (χ2v) is 7.65. The van der Waals surface area contributed by atoms with Crippen molar-refractivity contribution in [3.63, 3.8) is 0 Å². The molecular formula is C25H22N2O6. The molecule has 1 aliphatic carbocycles. The normalized spacial score (nSPS) is 12.9. The highest BCUT2D eigenvalue weighted by Gasteiger charge is 2.35. The zero-order chi connectivity index (χ0) is 23.5. The molecule has 4 rings (SSSR count). The summed E-state index contributed by atoms with van der Waals surface area (Å²) in [5, 5.41) is 14.0. The average Bonchev–Trinajstić information content (AvgIpc) is 3.17. The van der Waals surface area contributed by atoms with E-state index in [1.807, 2.05) is 48.5 Å². The Labute approximate surface area is 190 Å². The molecule has 0 radical (unpaired) electrons. The molecule has 0 bridgehead atoms. The van der Waals surface area contributed by atoms with Crippen LogP contribution < -0.4 is 10.1 Å². The molecule has 8 nitrogen and oxygen atoms in total. The van der Waals surface area contributed by atoms with Gasteiger partial charge in [0.1, 0.15) is 11.8 Å². The summed E-state index contributed by atoms with van der Waals surface area (Å²) in [7, 11) is 2.66. The molecule has 8 heteroatoms. The highest BCUT2D eigenvalue weighted by Crippen LogP contribution is 2.44. The van der Waals surface area contributed by atoms with Crippen molar-refractivity contribution in [2.45, 2.75) is 18.4 Å². The second kappa shape index (κ2) is 9.12. The Balaban J connectivity index is 1.66. The van der Waals surface area contributed by atoms with Crippen molar-refractivity contribution in [3.05, 3.63) is 93.5 Å². The molecular weight excluding hydrogens is 424 g/mol. The lowest BCUT2D eigenvalue weighted by Gasteiger charge is -2.21. The number of nitro benzene ring substituents is 1. The third-order valence-electron chi connectivity index (χ3n) is 5.80. The van der Waals surface area contributed by atoms with Crippen LogP contribution >= 0.6 is 0 Å². The van der Waals surface area contributed by atoms with E-state index >= 15 is 0 Å². The minimum atomic E-state index is -1.06. The van der Waals surface area contributed by atoms with Crippen molar-refractivity contribution in [1.82, 2.24) is 5.32 Å². The van der Waals surface area contributed by atoms with E-state index in [1.165, 1.54) is 32.4 Å². The maximum atomic E-state index is 13.5. The second-order valence-electron chi connectivity index (χ2n) is 7.65. The summed E-state index contributed by atoms with van der Waals surface area (Å²) in [6.07, 6.45) is -0.0285. The predicted octanol–water partition coefficient (Wildman–Crippen LogP) is 3.62. The van der Waals surface area contributed by atoms with Crippen molar-refractivity contribution in [2.24, 2.45) is 0 Å². The molecule has 1 N–H and O–H groups in total. The number of nitrogens with zero attached hydrogens (tertiary/aromatic N) is 1. The molecule has 0 saturated carbocycles. The van der Waals surface area contributed by atoms with Crippen molar-refractivity contribution < 1.29 is 24.0 Å². The van der Waals surface area contributed by atoms with Crippen LogP contribution in [-0.2, 0) is 20.7 Å². The van der Waals surface area contributed by atoms with E-state index < -0.39 is 22.9 Å². The first kappa shape index (κ1) is 22.0. The van der Waals surface area contributed by atoms with Crippen molar-refractivity contribution in [2.75, 3.05) is 14.2 Å². The van der Waals surface area contributed by atoms with Crippen LogP contribution in [0.5, 0.6) is 5.75 Å². The van der Waals surface area contributed by atoms with E-state index in [2.05, 4.69) is 5.32 Å². The number of hydrogen-bond acceptors (Lipinski definition) is 6. The van der Waals surface area contributed by atoms with Crippen LogP contribution in [-0.4, -0.2) is 37.1 Å². The summed E-state index contributed by atoms with van der Waals surface area (Å²) < 4.78 is 10.2. The van der Waals surface area contributed by atoms with Crippen LogP contribution in [0.1, 0.15) is 22.6 Å². The monoisotopic (exact) mass is 446 g/mol. The fourth-order valence-corrected chi connectivity index (χ4v) is 4.29. The Morgan fingerprint density at radius 3 is 2.15 bits per heavy atom. The molecule has 1 aliphatic rings. The summed E-state index contributed by atoms with van der Waals surface area (Å²) in [4.78, 5) is 36.7. The summed E-state index contributed by atoms with van der Waals surface area (Å²) in [6, 6.07) is 18.4. The summed E-state index contributed by atoms with van der Waals surface area (Å²) in [5.74, 6) is -1.22. The lowest BCUT2D eigenvalue weighted by Crippen LogP contribution is -2.45. The Bertz CT molecular complexity index is 1190. The number of hydrogen-bond donors (Lipinski definition) is 1. The highest BCUT2D eigenvalue weighted by molar-refractivity contribution is 5.97. The maximum absolute atomic E-state index is 13.5. The average molecular weight is 446 g/mol. The fraction of sp³-hybridized carbons (Fsp3) is 0.200. The molecule has 168 valence electrons. The largest absolute Gasteiger partial charge is 0.496 e. The molecule has 0 spiro atoms. The van der Waals surface area contributed by atoms with E-state index in [-0.39, 0.29) is 18.0 Å². The van der Waals surface area contributed by atoms with Gasteiger partial charge in [-0.25, -0.2) is 4.79 Å². The van der Waals surface area contributed by atoms with Gasteiger partial charge in [-0.2, -0.15) is 0 Å². The first-order valence-electron chi connectivity index (χ1n) is 10.3. The van der Waals surface area contributed by atoms with E-state index in [0.717, 1.165) is 22.3 Å². The SMILES string of the molecule is COC(=O)[C@@H](Cc1cc([N+](=O)[O-])ccc1OC)NC(=O)C1c2ccccc2-c2ccccc21. The Kier molecular flexibility index (Phi) is 6.08. The quantitative estimate of drug-likeness (QED) is 0.337. The van der Waals surface area contributed by atoms with Gasteiger partial charge in [0.2, 0.25) is 5.91 Å². The van der Waals surface area contributed by atoms with Gasteiger partial charge in [0, 0.05) is 24.1 Å². The Morgan fingerprint density at radius 2 is 1.61 bits per heavy atom. The number of non-ortho nitro benzene ring substituents is 1. The number of nitro groups is 1. The number of carbonyl (C=O) groups is 2. The van der Waals surface area contributed by atoms with Gasteiger partial charge >= 0.3 is 5.97 Å². The molecule has 3 aromatic carbocycles. The minimum Gasteiger partial charge on any atom is -0.496 e. The van der Waals surface area contributed by atoms with Gasteiger partial charge in [-0.15, -0.1) is 0 Å². The molecule has 0 fully saturated rings. The number of methoxy groups -OCH3 is 2. The van der Waals surface area contributed by atoms with E-state index in [1.54, 1.807) is 0 Å². The Hall–Kier alpha value is -4.20. The van der Waals surface area contributed by atoms with Crippen LogP contribution in [0.15, 0.2) is 66.7 Å². The first-order valence-corrected chi connectivity index (χ1v) is 10.3. The lowest BCUT2D eigenvalue weighted by molar-refractivity contribution is -0.384. The topological polar surface area (TPSA) is 108 Å². The van der Waals surface area contributed by atoms with E-state index in [4.69, 9.17) is 9.47 Å². The number of amides is 1. The minimum absolute atomic E-state index is 0.0285. The first-order chi connectivity index (χ1) is 15.9. The summed E-state index contributed by atoms with van der Waals surface area (Å²) in [6.45, 7) is 0. The van der Waals surface area contributed by atoms with Crippen molar-refractivity contribution in [1.29, 1.82) is 0 Å². The van der Waals surface area contributed by atoms with Gasteiger partial charge in [-0.05, 0) is 28.3 Å². The molecule has 0 unspecified atom stereocenters. The zero-order valence-corrected chi connectivity index (χ0v) is 18.1. The number of esters is 1. The number of rotatable bonds is 7. The number of ether oxygens (including phenoxy) is 2. The number of fused-ring (bicyclic) bond motifs is 3. The van der Waals surface area contributed by atoms with Crippen LogP contribution in [0.2, 0.25) is 0 Å². The molecule has 0 saturated heterocycles. The van der Waals surface area contributed by atoms with Gasteiger partial charge in [0.15, 0.2) is 0 Å². The van der Waals surface area contributed by atoms with Crippen LogP contribution in [0, 0.1) is 10.1 Å².